The average molecular weight is 358 g/mol. The quantitative estimate of drug-likeness (QED) is 0.298. The van der Waals surface area contributed by atoms with E-state index >= 15 is 0 Å². The molecule has 2 rings (SSSR count). The van der Waals surface area contributed by atoms with E-state index in [1.807, 2.05) is 0 Å². The smallest absolute Gasteiger partial charge is 0.351 e. The van der Waals surface area contributed by atoms with Crippen LogP contribution >= 0.6 is 0 Å². The number of aliphatic hydroxyl groups is 3. The van der Waals surface area contributed by atoms with Crippen molar-refractivity contribution < 1.29 is 34.8 Å². The van der Waals surface area contributed by atoms with Gasteiger partial charge in [0.25, 0.3) is 0 Å². The molecule has 1 aromatic rings. The second-order valence-electron chi connectivity index (χ2n) is 5.43. The zero-order valence-corrected chi connectivity index (χ0v) is 12.8. The Hall–Kier alpha value is -2.38. The fourth-order valence-corrected chi connectivity index (χ4v) is 2.27. The average Bonchev–Trinajstić information content (AvgIpc) is 2.82. The number of aromatic nitrogens is 2. The van der Waals surface area contributed by atoms with E-state index in [1.165, 1.54) is 12.3 Å². The van der Waals surface area contributed by atoms with E-state index in [0.29, 0.717) is 0 Å². The Morgan fingerprint density at radius 1 is 1.40 bits per heavy atom. The van der Waals surface area contributed by atoms with E-state index in [2.05, 4.69) is 10.3 Å². The summed E-state index contributed by atoms with van der Waals surface area (Å²) in [5.41, 5.74) is 4.33. The van der Waals surface area contributed by atoms with Crippen molar-refractivity contribution in [2.24, 2.45) is 5.73 Å². The maximum Gasteiger partial charge on any atom is 0.351 e. The second kappa shape index (κ2) is 7.67. The summed E-state index contributed by atoms with van der Waals surface area (Å²) in [4.78, 5) is 37.8. The fraction of sp³-hybridized carbons (Fsp3) is 0.538. The molecule has 0 saturated carbocycles. The van der Waals surface area contributed by atoms with Crippen molar-refractivity contribution >= 4 is 17.7 Å². The highest BCUT2D eigenvalue weighted by molar-refractivity contribution is 5.93. The first-order valence-electron chi connectivity index (χ1n) is 7.24. The van der Waals surface area contributed by atoms with Crippen LogP contribution in [0.2, 0.25) is 0 Å². The molecule has 25 heavy (non-hydrogen) atoms. The zero-order chi connectivity index (χ0) is 18.7. The number of carbonyl (C=O) groups is 2. The van der Waals surface area contributed by atoms with Gasteiger partial charge in [0.1, 0.15) is 30.2 Å². The molecule has 0 bridgehead atoms. The SMILES string of the molecule is N[C@@H](CC(=O)Nc1ccn([C@@H]2O[C@H](CO)[C@@H](O)[C@@H]2O)c(=O)n1)C(=O)O. The van der Waals surface area contributed by atoms with Crippen molar-refractivity contribution in [2.45, 2.75) is 37.0 Å². The summed E-state index contributed by atoms with van der Waals surface area (Å²) in [7, 11) is 0. The summed E-state index contributed by atoms with van der Waals surface area (Å²) in [6.45, 7) is -0.547. The van der Waals surface area contributed by atoms with Gasteiger partial charge in [-0.1, -0.05) is 0 Å². The van der Waals surface area contributed by atoms with E-state index in [1.54, 1.807) is 0 Å². The number of ether oxygens (including phenoxy) is 1. The van der Waals surface area contributed by atoms with Gasteiger partial charge in [0.05, 0.1) is 13.0 Å². The summed E-state index contributed by atoms with van der Waals surface area (Å²) < 4.78 is 6.10. The lowest BCUT2D eigenvalue weighted by molar-refractivity contribution is -0.140. The number of aliphatic hydroxyl groups excluding tert-OH is 3. The number of nitrogens with one attached hydrogen (secondary N) is 1. The van der Waals surface area contributed by atoms with E-state index in [4.69, 9.17) is 20.7 Å². The predicted octanol–water partition coefficient (Wildman–Crippen LogP) is -3.40. The molecule has 0 radical (unpaired) electrons. The Bertz CT molecular complexity index is 708. The molecule has 1 saturated heterocycles. The Morgan fingerprint density at radius 2 is 2.08 bits per heavy atom. The third-order valence-electron chi connectivity index (χ3n) is 3.61. The number of nitrogens with zero attached hydrogens (tertiary/aromatic N) is 2. The number of amides is 1. The normalized spacial score (nSPS) is 27.0. The van der Waals surface area contributed by atoms with Crippen LogP contribution in [0.1, 0.15) is 12.6 Å². The Morgan fingerprint density at radius 3 is 2.60 bits per heavy atom. The molecule has 2 heterocycles. The van der Waals surface area contributed by atoms with E-state index < -0.39 is 61.2 Å². The van der Waals surface area contributed by atoms with Gasteiger partial charge in [0.15, 0.2) is 6.23 Å². The first kappa shape index (κ1) is 19.0. The van der Waals surface area contributed by atoms with Crippen LogP contribution in [0, 0.1) is 0 Å². The van der Waals surface area contributed by atoms with Crippen molar-refractivity contribution in [1.29, 1.82) is 0 Å². The maximum atomic E-state index is 12.0. The van der Waals surface area contributed by atoms with Crippen LogP contribution < -0.4 is 16.7 Å². The van der Waals surface area contributed by atoms with Crippen molar-refractivity contribution in [3.05, 3.63) is 22.7 Å². The van der Waals surface area contributed by atoms with Gasteiger partial charge in [-0.25, -0.2) is 4.79 Å². The van der Waals surface area contributed by atoms with Crippen molar-refractivity contribution in [3.63, 3.8) is 0 Å². The molecule has 138 valence electrons. The van der Waals surface area contributed by atoms with Gasteiger partial charge in [-0.2, -0.15) is 4.98 Å². The van der Waals surface area contributed by atoms with Gasteiger partial charge in [-0.3, -0.25) is 14.2 Å². The second-order valence-corrected chi connectivity index (χ2v) is 5.43. The topological polar surface area (TPSA) is 197 Å². The van der Waals surface area contributed by atoms with Crippen LogP contribution in [0.5, 0.6) is 0 Å². The lowest BCUT2D eigenvalue weighted by atomic mass is 10.1. The van der Waals surface area contributed by atoms with E-state index in [0.717, 1.165) is 4.57 Å². The van der Waals surface area contributed by atoms with Gasteiger partial charge < -0.3 is 36.2 Å². The number of carboxylic acid groups (broad SMARTS) is 1. The lowest BCUT2D eigenvalue weighted by Crippen LogP contribution is -2.36. The molecule has 12 heteroatoms. The minimum atomic E-state index is -1.45. The molecule has 1 fully saturated rings. The fourth-order valence-electron chi connectivity index (χ4n) is 2.27. The molecule has 7 N–H and O–H groups in total. The van der Waals surface area contributed by atoms with Gasteiger partial charge in [-0.15, -0.1) is 0 Å². The highest BCUT2D eigenvalue weighted by atomic mass is 16.6. The van der Waals surface area contributed by atoms with Crippen LogP contribution in [0.15, 0.2) is 17.1 Å². The Labute approximate surface area is 140 Å². The predicted molar refractivity (Wildman–Crippen MR) is 80.4 cm³/mol. The summed E-state index contributed by atoms with van der Waals surface area (Å²) in [6, 6.07) is -0.167. The zero-order valence-electron chi connectivity index (χ0n) is 12.8. The van der Waals surface area contributed by atoms with Crippen LogP contribution in [-0.4, -0.2) is 72.8 Å². The third-order valence-corrected chi connectivity index (χ3v) is 3.61. The van der Waals surface area contributed by atoms with Crippen molar-refractivity contribution in [2.75, 3.05) is 11.9 Å². The number of hydrogen-bond acceptors (Lipinski definition) is 9. The number of carbonyl (C=O) groups excluding carboxylic acids is 1. The van der Waals surface area contributed by atoms with Gasteiger partial charge in [-0.05, 0) is 6.07 Å². The molecule has 1 aliphatic rings. The van der Waals surface area contributed by atoms with E-state index in [-0.39, 0.29) is 5.82 Å². The largest absolute Gasteiger partial charge is 0.480 e. The molecule has 1 amide bonds. The third kappa shape index (κ3) is 4.18. The van der Waals surface area contributed by atoms with Gasteiger partial charge >= 0.3 is 11.7 Å². The number of aliphatic carboxylic acids is 1. The number of anilines is 1. The van der Waals surface area contributed by atoms with Crippen LogP contribution in [0.25, 0.3) is 0 Å². The summed E-state index contributed by atoms with van der Waals surface area (Å²) in [5.74, 6) is -2.23. The molecule has 0 aromatic carbocycles. The first-order chi connectivity index (χ1) is 11.7. The number of carboxylic acids is 1. The molecule has 1 aromatic heterocycles. The minimum absolute atomic E-state index is 0.143. The molecule has 12 nitrogen and oxygen atoms in total. The van der Waals surface area contributed by atoms with Gasteiger partial charge in [0, 0.05) is 6.20 Å². The Kier molecular flexibility index (Phi) is 5.81. The molecule has 0 spiro atoms. The minimum Gasteiger partial charge on any atom is -0.480 e. The molecule has 1 aliphatic heterocycles. The van der Waals surface area contributed by atoms with Gasteiger partial charge in [0.2, 0.25) is 5.91 Å². The molecular weight excluding hydrogens is 340 g/mol. The number of rotatable bonds is 6. The molecule has 0 unspecified atom stereocenters. The molecule has 5 atom stereocenters. The number of nitrogens with two attached hydrogens (primary N) is 1. The van der Waals surface area contributed by atoms with Crippen molar-refractivity contribution in [1.82, 2.24) is 9.55 Å². The Balaban J connectivity index is 2.10. The summed E-state index contributed by atoms with van der Waals surface area (Å²) in [5, 5.41) is 39.5. The number of hydrogen-bond donors (Lipinski definition) is 6. The monoisotopic (exact) mass is 358 g/mol. The highest BCUT2D eigenvalue weighted by Gasteiger charge is 2.43. The standard InChI is InChI=1S/C13H18N4O8/c14-5(12(22)23)3-8(19)15-7-1-2-17(13(24)16-7)11-10(21)9(20)6(4-18)25-11/h1-2,5-6,9-11,18,20-21H,3-4,14H2,(H,22,23)(H,15,16,19,24)/t5-,6+,9+,10-,11+/m0/s1. The maximum absolute atomic E-state index is 12.0. The van der Waals surface area contributed by atoms with E-state index in [9.17, 15) is 24.6 Å². The van der Waals surface area contributed by atoms with Crippen LogP contribution in [-0.2, 0) is 14.3 Å². The molecular formula is C13H18N4O8. The van der Waals surface area contributed by atoms with Crippen LogP contribution in [0.4, 0.5) is 5.82 Å². The van der Waals surface area contributed by atoms with Crippen LogP contribution in [0.3, 0.4) is 0 Å². The summed E-state index contributed by atoms with van der Waals surface area (Å²) in [6.07, 6.45) is -4.47. The van der Waals surface area contributed by atoms with Crippen molar-refractivity contribution in [3.8, 4) is 0 Å². The first-order valence-corrected chi connectivity index (χ1v) is 7.24. The lowest BCUT2D eigenvalue weighted by Gasteiger charge is -2.17. The summed E-state index contributed by atoms with van der Waals surface area (Å²) >= 11 is 0. The highest BCUT2D eigenvalue weighted by Crippen LogP contribution is 2.28. The molecule has 0 aliphatic carbocycles.